The molecule has 2 N–H and O–H groups in total. The third-order valence-corrected chi connectivity index (χ3v) is 3.51. The van der Waals surface area contributed by atoms with E-state index in [1.54, 1.807) is 0 Å². The first kappa shape index (κ1) is 15.1. The summed E-state index contributed by atoms with van der Waals surface area (Å²) >= 11 is 0. The molecule has 0 saturated heterocycles. The summed E-state index contributed by atoms with van der Waals surface area (Å²) in [4.78, 5) is 12.0. The second kappa shape index (κ2) is 6.93. The van der Waals surface area contributed by atoms with Crippen molar-refractivity contribution in [1.82, 2.24) is 5.32 Å². The normalized spacial score (nSPS) is 11.8. The summed E-state index contributed by atoms with van der Waals surface area (Å²) < 4.78 is 0. The molecule has 0 radical (unpaired) electrons. The van der Waals surface area contributed by atoms with E-state index in [1.807, 2.05) is 37.3 Å². The van der Waals surface area contributed by atoms with Crippen molar-refractivity contribution >= 4 is 11.6 Å². The molecule has 1 amide bonds. The van der Waals surface area contributed by atoms with E-state index in [0.717, 1.165) is 5.69 Å². The molecule has 0 aliphatic heterocycles. The Morgan fingerprint density at radius 3 is 2.52 bits per heavy atom. The second-order valence-corrected chi connectivity index (χ2v) is 5.37. The number of carbonyl (C=O) groups excluding carboxylic acids is 1. The Hall–Kier alpha value is -2.29. The number of anilines is 1. The van der Waals surface area contributed by atoms with Crippen LogP contribution in [0, 0.1) is 13.8 Å². The third kappa shape index (κ3) is 4.35. The van der Waals surface area contributed by atoms with Crippen LogP contribution in [0.4, 0.5) is 5.69 Å². The molecule has 2 rings (SSSR count). The summed E-state index contributed by atoms with van der Waals surface area (Å²) in [6.45, 7) is 6.43. The predicted octanol–water partition coefficient (Wildman–Crippen LogP) is 3.59. The van der Waals surface area contributed by atoms with Crippen LogP contribution in [-0.4, -0.2) is 12.5 Å². The van der Waals surface area contributed by atoms with Gasteiger partial charge in [0.15, 0.2) is 0 Å². The van der Waals surface area contributed by atoms with Gasteiger partial charge in [-0.1, -0.05) is 42.0 Å². The lowest BCUT2D eigenvalue weighted by atomic mass is 10.00. The van der Waals surface area contributed by atoms with Crippen LogP contribution >= 0.6 is 0 Å². The standard InChI is InChI=1S/C18H22N2O/c1-13-9-10-14(2)17(11-13)15(3)20-18(21)12-19-16-7-5-4-6-8-16/h4-11,15,19H,12H2,1-3H3,(H,20,21). The van der Waals surface area contributed by atoms with E-state index < -0.39 is 0 Å². The fourth-order valence-corrected chi connectivity index (χ4v) is 2.34. The monoisotopic (exact) mass is 282 g/mol. The van der Waals surface area contributed by atoms with Gasteiger partial charge in [0.25, 0.3) is 0 Å². The zero-order valence-electron chi connectivity index (χ0n) is 12.8. The van der Waals surface area contributed by atoms with E-state index in [2.05, 4.69) is 42.7 Å². The second-order valence-electron chi connectivity index (χ2n) is 5.37. The summed E-state index contributed by atoms with van der Waals surface area (Å²) in [5.41, 5.74) is 4.53. The lowest BCUT2D eigenvalue weighted by Crippen LogP contribution is -2.32. The molecule has 3 heteroatoms. The maximum Gasteiger partial charge on any atom is 0.239 e. The fourth-order valence-electron chi connectivity index (χ4n) is 2.34. The lowest BCUT2D eigenvalue weighted by Gasteiger charge is -2.17. The first-order valence-corrected chi connectivity index (χ1v) is 7.21. The molecule has 0 spiro atoms. The average molecular weight is 282 g/mol. The van der Waals surface area contributed by atoms with Gasteiger partial charge in [-0.25, -0.2) is 0 Å². The van der Waals surface area contributed by atoms with Crippen molar-refractivity contribution in [1.29, 1.82) is 0 Å². The van der Waals surface area contributed by atoms with Crippen LogP contribution in [0.5, 0.6) is 0 Å². The summed E-state index contributed by atoms with van der Waals surface area (Å²) in [6, 6.07) is 16.1. The Morgan fingerprint density at radius 1 is 1.10 bits per heavy atom. The molecule has 2 aromatic carbocycles. The van der Waals surface area contributed by atoms with E-state index >= 15 is 0 Å². The first-order chi connectivity index (χ1) is 10.1. The van der Waals surface area contributed by atoms with Crippen molar-refractivity contribution in [2.75, 3.05) is 11.9 Å². The van der Waals surface area contributed by atoms with Crippen molar-refractivity contribution in [2.45, 2.75) is 26.8 Å². The minimum absolute atomic E-state index is 0.00717. The van der Waals surface area contributed by atoms with E-state index in [1.165, 1.54) is 16.7 Å². The number of rotatable bonds is 5. The highest BCUT2D eigenvalue weighted by Crippen LogP contribution is 2.18. The van der Waals surface area contributed by atoms with E-state index in [0.29, 0.717) is 0 Å². The van der Waals surface area contributed by atoms with Crippen LogP contribution in [0.1, 0.15) is 29.7 Å². The molecule has 0 saturated carbocycles. The Labute approximate surface area is 126 Å². The first-order valence-electron chi connectivity index (χ1n) is 7.21. The minimum atomic E-state index is -0.00717. The molecule has 1 atom stereocenters. The number of amides is 1. The van der Waals surface area contributed by atoms with Gasteiger partial charge in [0.05, 0.1) is 12.6 Å². The molecule has 3 nitrogen and oxygen atoms in total. The number of hydrogen-bond acceptors (Lipinski definition) is 2. The molecule has 0 aliphatic rings. The SMILES string of the molecule is Cc1ccc(C)c(C(C)NC(=O)CNc2ccccc2)c1. The minimum Gasteiger partial charge on any atom is -0.376 e. The third-order valence-electron chi connectivity index (χ3n) is 3.51. The number of nitrogens with one attached hydrogen (secondary N) is 2. The van der Waals surface area contributed by atoms with E-state index in [4.69, 9.17) is 0 Å². The maximum atomic E-state index is 12.0. The number of aryl methyl sites for hydroxylation is 2. The Kier molecular flexibility index (Phi) is 4.99. The highest BCUT2D eigenvalue weighted by atomic mass is 16.1. The Bertz CT molecular complexity index is 608. The van der Waals surface area contributed by atoms with Crippen molar-refractivity contribution < 1.29 is 4.79 Å². The van der Waals surface area contributed by atoms with E-state index in [9.17, 15) is 4.79 Å². The topological polar surface area (TPSA) is 41.1 Å². The van der Waals surface area contributed by atoms with Crippen LogP contribution in [0.25, 0.3) is 0 Å². The van der Waals surface area contributed by atoms with Crippen LogP contribution in [0.3, 0.4) is 0 Å². The van der Waals surface area contributed by atoms with E-state index in [-0.39, 0.29) is 18.5 Å². The molecule has 21 heavy (non-hydrogen) atoms. The van der Waals surface area contributed by atoms with Crippen molar-refractivity contribution in [3.8, 4) is 0 Å². The molecule has 0 aliphatic carbocycles. The highest BCUT2D eigenvalue weighted by molar-refractivity contribution is 5.81. The maximum absolute atomic E-state index is 12.0. The Morgan fingerprint density at radius 2 is 1.81 bits per heavy atom. The van der Waals surface area contributed by atoms with Gasteiger partial charge in [-0.2, -0.15) is 0 Å². The number of benzene rings is 2. The summed E-state index contributed by atoms with van der Waals surface area (Å²) in [5.74, 6) is -0.00717. The quantitative estimate of drug-likeness (QED) is 0.880. The zero-order chi connectivity index (χ0) is 15.2. The van der Waals surface area contributed by atoms with Gasteiger partial charge in [0.2, 0.25) is 5.91 Å². The molecule has 1 unspecified atom stereocenters. The van der Waals surface area contributed by atoms with Gasteiger partial charge in [0, 0.05) is 5.69 Å². The van der Waals surface area contributed by atoms with Crippen LogP contribution < -0.4 is 10.6 Å². The molecule has 0 aromatic heterocycles. The van der Waals surface area contributed by atoms with Gasteiger partial charge in [0.1, 0.15) is 0 Å². The molecular formula is C18H22N2O. The van der Waals surface area contributed by atoms with Crippen LogP contribution in [0.2, 0.25) is 0 Å². The number of carbonyl (C=O) groups is 1. The Balaban J connectivity index is 1.91. The van der Waals surface area contributed by atoms with Gasteiger partial charge in [-0.3, -0.25) is 4.79 Å². The molecule has 110 valence electrons. The smallest absolute Gasteiger partial charge is 0.239 e. The number of hydrogen-bond donors (Lipinski definition) is 2. The average Bonchev–Trinajstić information content (AvgIpc) is 2.48. The molecule has 0 fully saturated rings. The predicted molar refractivity (Wildman–Crippen MR) is 87.4 cm³/mol. The van der Waals surface area contributed by atoms with Crippen molar-refractivity contribution in [2.24, 2.45) is 0 Å². The van der Waals surface area contributed by atoms with Gasteiger partial charge < -0.3 is 10.6 Å². The highest BCUT2D eigenvalue weighted by Gasteiger charge is 2.11. The molecule has 0 heterocycles. The summed E-state index contributed by atoms with van der Waals surface area (Å²) in [5, 5.41) is 6.15. The molecule has 2 aromatic rings. The van der Waals surface area contributed by atoms with Crippen LogP contribution in [0.15, 0.2) is 48.5 Å². The van der Waals surface area contributed by atoms with Crippen molar-refractivity contribution in [3.63, 3.8) is 0 Å². The molecular weight excluding hydrogens is 260 g/mol. The fraction of sp³-hybridized carbons (Fsp3) is 0.278. The lowest BCUT2D eigenvalue weighted by molar-refractivity contribution is -0.120. The van der Waals surface area contributed by atoms with Gasteiger partial charge in [-0.15, -0.1) is 0 Å². The summed E-state index contributed by atoms with van der Waals surface area (Å²) in [7, 11) is 0. The van der Waals surface area contributed by atoms with Gasteiger partial charge >= 0.3 is 0 Å². The van der Waals surface area contributed by atoms with Gasteiger partial charge in [-0.05, 0) is 44.0 Å². The summed E-state index contributed by atoms with van der Waals surface area (Å²) in [6.07, 6.45) is 0. The zero-order valence-corrected chi connectivity index (χ0v) is 12.8. The molecule has 0 bridgehead atoms. The van der Waals surface area contributed by atoms with Crippen LogP contribution in [-0.2, 0) is 4.79 Å². The van der Waals surface area contributed by atoms with Crippen molar-refractivity contribution in [3.05, 3.63) is 65.2 Å². The largest absolute Gasteiger partial charge is 0.376 e. The number of para-hydroxylation sites is 1.